The lowest BCUT2D eigenvalue weighted by molar-refractivity contribution is -0.140. The molecule has 8 nitrogen and oxygen atoms in total. The minimum absolute atomic E-state index is 0.0118. The van der Waals surface area contributed by atoms with E-state index >= 15 is 0 Å². The fourth-order valence-corrected chi connectivity index (χ4v) is 4.77. The number of nitrogens with one attached hydrogen (secondary N) is 1. The van der Waals surface area contributed by atoms with Crippen molar-refractivity contribution in [1.82, 2.24) is 15.1 Å². The summed E-state index contributed by atoms with van der Waals surface area (Å²) in [6.07, 6.45) is 5.27. The largest absolute Gasteiger partial charge is 0.497 e. The first-order chi connectivity index (χ1) is 15.6. The Morgan fingerprint density at radius 1 is 1.09 bits per heavy atom. The molecule has 3 atom stereocenters. The third kappa shape index (κ3) is 4.86. The molecule has 8 heteroatoms. The number of fused-ring (bicyclic) bond motifs is 1. The zero-order valence-electron chi connectivity index (χ0n) is 18.5. The maximum atomic E-state index is 12.6. The molecule has 1 aliphatic carbocycles. The summed E-state index contributed by atoms with van der Waals surface area (Å²) >= 11 is 0. The molecule has 0 aromatic heterocycles. The molecule has 0 radical (unpaired) electrons. The molecular formula is C24H31N3O5. The monoisotopic (exact) mass is 441 g/mol. The number of carbonyl (C=O) groups is 3. The lowest BCUT2D eigenvalue weighted by Crippen LogP contribution is -2.44. The van der Waals surface area contributed by atoms with Crippen LogP contribution in [0.3, 0.4) is 0 Å². The zero-order valence-corrected chi connectivity index (χ0v) is 18.5. The normalized spacial score (nSPS) is 24.3. The molecule has 2 aliphatic heterocycles. The molecule has 0 bridgehead atoms. The molecular weight excluding hydrogens is 410 g/mol. The Morgan fingerprint density at radius 3 is 2.31 bits per heavy atom. The van der Waals surface area contributed by atoms with Crippen molar-refractivity contribution in [3.63, 3.8) is 0 Å². The van der Waals surface area contributed by atoms with Crippen LogP contribution in [0.2, 0.25) is 0 Å². The lowest BCUT2D eigenvalue weighted by Gasteiger charge is -2.35. The molecule has 3 aliphatic rings. The Bertz CT molecular complexity index is 837. The number of rotatable bonds is 8. The van der Waals surface area contributed by atoms with Crippen LogP contribution in [0.4, 0.5) is 0 Å². The van der Waals surface area contributed by atoms with Crippen LogP contribution < -0.4 is 10.1 Å². The van der Waals surface area contributed by atoms with Gasteiger partial charge in [0.1, 0.15) is 5.75 Å². The predicted molar refractivity (Wildman–Crippen MR) is 118 cm³/mol. The van der Waals surface area contributed by atoms with Gasteiger partial charge >= 0.3 is 0 Å². The number of ether oxygens (including phenoxy) is 2. The first kappa shape index (κ1) is 22.5. The van der Waals surface area contributed by atoms with Crippen LogP contribution in [0.5, 0.6) is 5.75 Å². The fraction of sp³-hybridized carbons (Fsp3) is 0.542. The zero-order chi connectivity index (χ0) is 22.5. The van der Waals surface area contributed by atoms with E-state index in [0.717, 1.165) is 24.4 Å². The van der Waals surface area contributed by atoms with Crippen molar-refractivity contribution < 1.29 is 23.9 Å². The average Bonchev–Trinajstić information content (AvgIpc) is 3.08. The maximum Gasteiger partial charge on any atom is 0.233 e. The molecule has 0 saturated carbocycles. The second-order valence-corrected chi connectivity index (χ2v) is 8.48. The maximum absolute atomic E-state index is 12.6. The number of allylic oxidation sites excluding steroid dienone is 2. The summed E-state index contributed by atoms with van der Waals surface area (Å²) in [4.78, 5) is 41.4. The molecule has 0 spiro atoms. The van der Waals surface area contributed by atoms with Crippen molar-refractivity contribution in [3.8, 4) is 5.75 Å². The van der Waals surface area contributed by atoms with E-state index in [9.17, 15) is 14.4 Å². The van der Waals surface area contributed by atoms with Gasteiger partial charge in [-0.3, -0.25) is 24.2 Å². The summed E-state index contributed by atoms with van der Waals surface area (Å²) < 4.78 is 10.7. The Morgan fingerprint density at radius 2 is 1.72 bits per heavy atom. The molecule has 172 valence electrons. The van der Waals surface area contributed by atoms with Crippen molar-refractivity contribution in [3.05, 3.63) is 42.0 Å². The Hall–Kier alpha value is -2.71. The van der Waals surface area contributed by atoms with Crippen LogP contribution in [0.25, 0.3) is 0 Å². The van der Waals surface area contributed by atoms with Gasteiger partial charge in [0.15, 0.2) is 0 Å². The van der Waals surface area contributed by atoms with E-state index in [0.29, 0.717) is 32.6 Å². The van der Waals surface area contributed by atoms with Crippen LogP contribution in [0, 0.1) is 11.8 Å². The van der Waals surface area contributed by atoms with Crippen LogP contribution in [-0.2, 0) is 19.1 Å². The van der Waals surface area contributed by atoms with E-state index in [4.69, 9.17) is 9.47 Å². The van der Waals surface area contributed by atoms with Gasteiger partial charge in [-0.25, -0.2) is 0 Å². The highest BCUT2D eigenvalue weighted by Crippen LogP contribution is 2.35. The first-order valence-electron chi connectivity index (χ1n) is 11.3. The van der Waals surface area contributed by atoms with Gasteiger partial charge in [-0.15, -0.1) is 0 Å². The summed E-state index contributed by atoms with van der Waals surface area (Å²) in [5.74, 6) is -0.157. The number of methoxy groups -OCH3 is 1. The Balaban J connectivity index is 1.33. The van der Waals surface area contributed by atoms with Crippen molar-refractivity contribution in [1.29, 1.82) is 0 Å². The molecule has 2 saturated heterocycles. The SMILES string of the molecule is COc1ccc([C@H](CNC(=O)CCN2C(=O)[C@H]3CC=CC[C@H]3C2=O)N2CCOCC2)cc1. The van der Waals surface area contributed by atoms with Crippen molar-refractivity contribution in [2.75, 3.05) is 46.5 Å². The standard InChI is InChI=1S/C24H31N3O5/c1-31-18-8-6-17(7-9-18)21(26-12-14-32-15-13-26)16-25-22(28)10-11-27-23(29)19-4-2-3-5-20(19)24(27)30/h2-3,6-9,19-21H,4-5,10-16H2,1H3,(H,25,28)/t19-,20+,21-/m0/s1. The lowest BCUT2D eigenvalue weighted by atomic mass is 9.85. The molecule has 2 heterocycles. The molecule has 32 heavy (non-hydrogen) atoms. The number of morpholine rings is 1. The number of likely N-dealkylation sites (tertiary alicyclic amines) is 1. The molecule has 3 amide bonds. The second kappa shape index (κ2) is 10.3. The van der Waals surface area contributed by atoms with Gasteiger partial charge in [0.25, 0.3) is 0 Å². The number of benzene rings is 1. The smallest absolute Gasteiger partial charge is 0.233 e. The number of imide groups is 1. The van der Waals surface area contributed by atoms with Gasteiger partial charge in [-0.1, -0.05) is 24.3 Å². The highest BCUT2D eigenvalue weighted by atomic mass is 16.5. The van der Waals surface area contributed by atoms with Gasteiger partial charge in [0.2, 0.25) is 17.7 Å². The molecule has 2 fully saturated rings. The van der Waals surface area contributed by atoms with E-state index in [1.807, 2.05) is 36.4 Å². The van der Waals surface area contributed by atoms with E-state index in [1.54, 1.807) is 7.11 Å². The predicted octanol–water partition coefficient (Wildman–Crippen LogP) is 1.53. The first-order valence-corrected chi connectivity index (χ1v) is 11.3. The molecule has 1 aromatic rings. The Kier molecular flexibility index (Phi) is 7.22. The average molecular weight is 442 g/mol. The Labute approximate surface area is 188 Å². The topological polar surface area (TPSA) is 88.2 Å². The third-order valence-corrected chi connectivity index (χ3v) is 6.64. The molecule has 1 N–H and O–H groups in total. The summed E-state index contributed by atoms with van der Waals surface area (Å²) in [7, 11) is 1.63. The highest BCUT2D eigenvalue weighted by Gasteiger charge is 2.46. The van der Waals surface area contributed by atoms with Crippen LogP contribution >= 0.6 is 0 Å². The van der Waals surface area contributed by atoms with Crippen LogP contribution in [0.15, 0.2) is 36.4 Å². The van der Waals surface area contributed by atoms with Gasteiger partial charge in [0.05, 0.1) is 38.2 Å². The van der Waals surface area contributed by atoms with Crippen molar-refractivity contribution in [2.45, 2.75) is 25.3 Å². The fourth-order valence-electron chi connectivity index (χ4n) is 4.77. The van der Waals surface area contributed by atoms with Crippen molar-refractivity contribution >= 4 is 17.7 Å². The number of hydrogen-bond acceptors (Lipinski definition) is 6. The van der Waals surface area contributed by atoms with Crippen molar-refractivity contribution in [2.24, 2.45) is 11.8 Å². The number of carbonyl (C=O) groups excluding carboxylic acids is 3. The van der Waals surface area contributed by atoms with Gasteiger partial charge in [-0.05, 0) is 30.5 Å². The minimum atomic E-state index is -0.253. The van der Waals surface area contributed by atoms with Gasteiger partial charge in [-0.2, -0.15) is 0 Å². The molecule has 4 rings (SSSR count). The van der Waals surface area contributed by atoms with E-state index in [-0.39, 0.29) is 48.6 Å². The summed E-state index contributed by atoms with van der Waals surface area (Å²) in [5, 5.41) is 3.01. The summed E-state index contributed by atoms with van der Waals surface area (Å²) in [6.45, 7) is 3.50. The number of amides is 3. The van der Waals surface area contributed by atoms with Gasteiger partial charge in [0, 0.05) is 32.6 Å². The quantitative estimate of drug-likeness (QED) is 0.486. The third-order valence-electron chi connectivity index (χ3n) is 6.64. The summed E-state index contributed by atoms with van der Waals surface area (Å²) in [6, 6.07) is 7.88. The molecule has 1 aromatic carbocycles. The number of nitrogens with zero attached hydrogens (tertiary/aromatic N) is 2. The van der Waals surface area contributed by atoms with E-state index in [1.165, 1.54) is 4.90 Å². The highest BCUT2D eigenvalue weighted by molar-refractivity contribution is 6.05. The minimum Gasteiger partial charge on any atom is -0.497 e. The van der Waals surface area contributed by atoms with Crippen LogP contribution in [0.1, 0.15) is 30.9 Å². The van der Waals surface area contributed by atoms with Gasteiger partial charge < -0.3 is 14.8 Å². The second-order valence-electron chi connectivity index (χ2n) is 8.48. The van der Waals surface area contributed by atoms with Crippen LogP contribution in [-0.4, -0.2) is 74.0 Å². The number of hydrogen-bond donors (Lipinski definition) is 1. The van der Waals surface area contributed by atoms with E-state index < -0.39 is 0 Å². The molecule has 0 unspecified atom stereocenters. The summed E-state index contributed by atoms with van der Waals surface area (Å²) in [5.41, 5.74) is 1.09. The van der Waals surface area contributed by atoms with E-state index in [2.05, 4.69) is 10.2 Å².